The molecule has 2 heterocycles. The number of amides is 1. The summed E-state index contributed by atoms with van der Waals surface area (Å²) in [6.45, 7) is 4.63. The molecule has 2 fully saturated rings. The van der Waals surface area contributed by atoms with E-state index in [1.807, 2.05) is 17.0 Å². The van der Waals surface area contributed by atoms with Gasteiger partial charge in [0.15, 0.2) is 0 Å². The number of nitrogens with zero attached hydrogens (tertiary/aromatic N) is 1. The van der Waals surface area contributed by atoms with Crippen molar-refractivity contribution in [3.8, 4) is 0 Å². The van der Waals surface area contributed by atoms with E-state index in [1.165, 1.54) is 12.1 Å². The second-order valence-electron chi connectivity index (χ2n) is 6.01. The molecule has 108 valence electrons. The molecule has 3 atom stereocenters. The summed E-state index contributed by atoms with van der Waals surface area (Å²) in [5, 5.41) is 3.25. The fraction of sp³-hybridized carbons (Fsp3) is 0.562. The standard InChI is InChI=1S/C16H21FN2O/c1-11-8-14(12-2-4-15(17)5-3-12)10-19(11)16(20)13-6-7-18-9-13/h2-5,11,13-14,18H,6-10H2,1H3/t11-,13+,14-/m1/s1. The number of carbonyl (C=O) groups is 1. The lowest BCUT2D eigenvalue weighted by Gasteiger charge is -2.24. The molecule has 0 spiro atoms. The van der Waals surface area contributed by atoms with Crippen LogP contribution in [-0.4, -0.2) is 36.5 Å². The minimum atomic E-state index is -0.204. The summed E-state index contributed by atoms with van der Waals surface area (Å²) >= 11 is 0. The summed E-state index contributed by atoms with van der Waals surface area (Å²) in [6.07, 6.45) is 1.92. The molecule has 0 aliphatic carbocycles. The Labute approximate surface area is 119 Å². The van der Waals surface area contributed by atoms with E-state index in [0.717, 1.165) is 38.0 Å². The maximum Gasteiger partial charge on any atom is 0.227 e. The summed E-state index contributed by atoms with van der Waals surface area (Å²) < 4.78 is 13.0. The van der Waals surface area contributed by atoms with Crippen LogP contribution in [0.4, 0.5) is 4.39 Å². The van der Waals surface area contributed by atoms with Gasteiger partial charge in [-0.1, -0.05) is 12.1 Å². The molecule has 4 heteroatoms. The summed E-state index contributed by atoms with van der Waals surface area (Å²) in [4.78, 5) is 14.5. The van der Waals surface area contributed by atoms with Crippen LogP contribution in [0.3, 0.4) is 0 Å². The molecule has 1 aromatic carbocycles. The average molecular weight is 276 g/mol. The SMILES string of the molecule is C[C@@H]1C[C@@H](c2ccc(F)cc2)CN1C(=O)[C@H]1CCNC1. The lowest BCUT2D eigenvalue weighted by atomic mass is 9.97. The van der Waals surface area contributed by atoms with E-state index in [2.05, 4.69) is 12.2 Å². The molecule has 0 saturated carbocycles. The lowest BCUT2D eigenvalue weighted by Crippen LogP contribution is -2.39. The number of hydrogen-bond acceptors (Lipinski definition) is 2. The fourth-order valence-corrected chi connectivity index (χ4v) is 3.41. The Kier molecular flexibility index (Phi) is 3.74. The number of rotatable bonds is 2. The van der Waals surface area contributed by atoms with Gasteiger partial charge in [0.05, 0.1) is 5.92 Å². The Bertz CT molecular complexity index is 482. The summed E-state index contributed by atoms with van der Waals surface area (Å²) in [5.74, 6) is 0.560. The fourth-order valence-electron chi connectivity index (χ4n) is 3.41. The lowest BCUT2D eigenvalue weighted by molar-refractivity contribution is -0.135. The third-order valence-electron chi connectivity index (χ3n) is 4.61. The Morgan fingerprint density at radius 2 is 2.10 bits per heavy atom. The summed E-state index contributed by atoms with van der Waals surface area (Å²) in [6, 6.07) is 6.98. The van der Waals surface area contributed by atoms with E-state index >= 15 is 0 Å². The van der Waals surface area contributed by atoms with E-state index in [0.29, 0.717) is 5.92 Å². The van der Waals surface area contributed by atoms with Gasteiger partial charge in [0.2, 0.25) is 5.91 Å². The van der Waals surface area contributed by atoms with E-state index < -0.39 is 0 Å². The molecule has 0 bridgehead atoms. The highest BCUT2D eigenvalue weighted by molar-refractivity contribution is 5.80. The van der Waals surface area contributed by atoms with Gasteiger partial charge in [0.25, 0.3) is 0 Å². The minimum Gasteiger partial charge on any atom is -0.339 e. The third-order valence-corrected chi connectivity index (χ3v) is 4.61. The summed E-state index contributed by atoms with van der Waals surface area (Å²) in [7, 11) is 0. The Hall–Kier alpha value is -1.42. The largest absolute Gasteiger partial charge is 0.339 e. The molecule has 3 nitrogen and oxygen atoms in total. The van der Waals surface area contributed by atoms with Gasteiger partial charge >= 0.3 is 0 Å². The molecule has 0 aromatic heterocycles. The zero-order chi connectivity index (χ0) is 14.1. The number of benzene rings is 1. The molecule has 2 saturated heterocycles. The first-order valence-electron chi connectivity index (χ1n) is 7.42. The van der Waals surface area contributed by atoms with Gasteiger partial charge in [-0.05, 0) is 44.0 Å². The molecule has 1 amide bonds. The molecular formula is C16H21FN2O. The normalized spacial score (nSPS) is 29.9. The topological polar surface area (TPSA) is 32.3 Å². The third kappa shape index (κ3) is 2.57. The maximum absolute atomic E-state index is 13.0. The highest BCUT2D eigenvalue weighted by Crippen LogP contribution is 2.33. The van der Waals surface area contributed by atoms with Crippen LogP contribution in [0.2, 0.25) is 0 Å². The van der Waals surface area contributed by atoms with Gasteiger partial charge in [0, 0.05) is 25.0 Å². The van der Waals surface area contributed by atoms with Crippen molar-refractivity contribution >= 4 is 5.91 Å². The number of carbonyl (C=O) groups excluding carboxylic acids is 1. The predicted octanol–water partition coefficient (Wildman–Crippen LogP) is 2.14. The number of likely N-dealkylation sites (tertiary alicyclic amines) is 1. The van der Waals surface area contributed by atoms with E-state index in [9.17, 15) is 9.18 Å². The molecule has 0 unspecified atom stereocenters. The van der Waals surface area contributed by atoms with Crippen LogP contribution < -0.4 is 5.32 Å². The van der Waals surface area contributed by atoms with Crippen molar-refractivity contribution in [1.29, 1.82) is 0 Å². The number of hydrogen-bond donors (Lipinski definition) is 1. The van der Waals surface area contributed by atoms with Crippen LogP contribution >= 0.6 is 0 Å². The van der Waals surface area contributed by atoms with Gasteiger partial charge in [-0.25, -0.2) is 4.39 Å². The van der Waals surface area contributed by atoms with Crippen LogP contribution in [0.1, 0.15) is 31.2 Å². The van der Waals surface area contributed by atoms with Crippen LogP contribution in [0.5, 0.6) is 0 Å². The highest BCUT2D eigenvalue weighted by atomic mass is 19.1. The van der Waals surface area contributed by atoms with Crippen molar-refractivity contribution < 1.29 is 9.18 Å². The zero-order valence-corrected chi connectivity index (χ0v) is 11.8. The molecule has 3 rings (SSSR count). The molecule has 0 radical (unpaired) electrons. The number of nitrogens with one attached hydrogen (secondary N) is 1. The van der Waals surface area contributed by atoms with Crippen LogP contribution in [-0.2, 0) is 4.79 Å². The molecule has 2 aliphatic heterocycles. The van der Waals surface area contributed by atoms with Crippen molar-refractivity contribution in [2.24, 2.45) is 5.92 Å². The smallest absolute Gasteiger partial charge is 0.227 e. The van der Waals surface area contributed by atoms with E-state index in [-0.39, 0.29) is 23.7 Å². The van der Waals surface area contributed by atoms with Crippen LogP contribution in [0, 0.1) is 11.7 Å². The predicted molar refractivity (Wildman–Crippen MR) is 75.9 cm³/mol. The van der Waals surface area contributed by atoms with E-state index in [4.69, 9.17) is 0 Å². The van der Waals surface area contributed by atoms with E-state index in [1.54, 1.807) is 0 Å². The van der Waals surface area contributed by atoms with Crippen molar-refractivity contribution in [3.63, 3.8) is 0 Å². The van der Waals surface area contributed by atoms with Crippen molar-refractivity contribution in [3.05, 3.63) is 35.6 Å². The first-order valence-corrected chi connectivity index (χ1v) is 7.42. The van der Waals surface area contributed by atoms with Crippen molar-refractivity contribution in [2.75, 3.05) is 19.6 Å². The van der Waals surface area contributed by atoms with Gasteiger partial charge in [-0.2, -0.15) is 0 Å². The minimum absolute atomic E-state index is 0.143. The first-order chi connectivity index (χ1) is 9.65. The molecule has 1 N–H and O–H groups in total. The Morgan fingerprint density at radius 3 is 2.75 bits per heavy atom. The van der Waals surface area contributed by atoms with Crippen molar-refractivity contribution in [2.45, 2.75) is 31.7 Å². The highest BCUT2D eigenvalue weighted by Gasteiger charge is 2.36. The molecule has 2 aliphatic rings. The van der Waals surface area contributed by atoms with Gasteiger partial charge < -0.3 is 10.2 Å². The van der Waals surface area contributed by atoms with Crippen LogP contribution in [0.25, 0.3) is 0 Å². The number of halogens is 1. The molecular weight excluding hydrogens is 255 g/mol. The first kappa shape index (κ1) is 13.6. The van der Waals surface area contributed by atoms with Gasteiger partial charge in [-0.3, -0.25) is 4.79 Å². The Balaban J connectivity index is 1.69. The second kappa shape index (κ2) is 5.52. The molecule has 20 heavy (non-hydrogen) atoms. The van der Waals surface area contributed by atoms with Crippen molar-refractivity contribution in [1.82, 2.24) is 10.2 Å². The molecule has 1 aromatic rings. The zero-order valence-electron chi connectivity index (χ0n) is 11.8. The quantitative estimate of drug-likeness (QED) is 0.897. The second-order valence-corrected chi connectivity index (χ2v) is 6.01. The van der Waals surface area contributed by atoms with Crippen LogP contribution in [0.15, 0.2) is 24.3 Å². The monoisotopic (exact) mass is 276 g/mol. The average Bonchev–Trinajstić information content (AvgIpc) is 3.08. The Morgan fingerprint density at radius 1 is 1.35 bits per heavy atom. The van der Waals surface area contributed by atoms with Gasteiger partial charge in [0.1, 0.15) is 5.82 Å². The summed E-state index contributed by atoms with van der Waals surface area (Å²) in [5.41, 5.74) is 1.14. The maximum atomic E-state index is 13.0. The van der Waals surface area contributed by atoms with Gasteiger partial charge in [-0.15, -0.1) is 0 Å².